The molecule has 176 valence electrons. The molecule has 1 amide bonds. The Morgan fingerprint density at radius 3 is 2.47 bits per heavy atom. The van der Waals surface area contributed by atoms with Gasteiger partial charge in [0.05, 0.1) is 17.8 Å². The summed E-state index contributed by atoms with van der Waals surface area (Å²) in [6.07, 6.45) is 4.16. The van der Waals surface area contributed by atoms with Gasteiger partial charge in [-0.1, -0.05) is 18.2 Å². The second-order valence-corrected chi connectivity index (χ2v) is 8.81. The third-order valence-electron chi connectivity index (χ3n) is 6.27. The molecule has 0 unspecified atom stereocenters. The molecule has 2 aliphatic rings. The predicted octanol–water partition coefficient (Wildman–Crippen LogP) is 3.55. The van der Waals surface area contributed by atoms with E-state index in [2.05, 4.69) is 15.2 Å². The van der Waals surface area contributed by atoms with Crippen LogP contribution in [0.25, 0.3) is 0 Å². The third kappa shape index (κ3) is 5.28. The number of hydrogen-bond acceptors (Lipinski definition) is 6. The molecule has 3 aromatic rings. The number of carbonyl (C=O) groups is 1. The summed E-state index contributed by atoms with van der Waals surface area (Å²) in [5.41, 5.74) is 2.13. The number of nitrogens with zero attached hydrogens (tertiary/aromatic N) is 3. The number of hydrogen-bond donors (Lipinski definition) is 2. The lowest BCUT2D eigenvalue weighted by Gasteiger charge is -2.30. The van der Waals surface area contributed by atoms with Gasteiger partial charge in [0.1, 0.15) is 11.5 Å². The monoisotopic (exact) mass is 459 g/mol. The number of nitrogens with one attached hydrogen (secondary N) is 2. The van der Waals surface area contributed by atoms with Crippen LogP contribution in [-0.4, -0.2) is 47.0 Å². The van der Waals surface area contributed by atoms with Gasteiger partial charge in [0.25, 0.3) is 5.56 Å². The number of rotatable bonds is 6. The van der Waals surface area contributed by atoms with E-state index in [1.807, 2.05) is 59.5 Å². The van der Waals surface area contributed by atoms with Gasteiger partial charge in [0, 0.05) is 38.3 Å². The van der Waals surface area contributed by atoms with Gasteiger partial charge in [0.15, 0.2) is 0 Å². The Morgan fingerprint density at radius 1 is 0.971 bits per heavy atom. The van der Waals surface area contributed by atoms with Gasteiger partial charge in [-0.05, 0) is 55.7 Å². The molecular formula is C26H29N5O3. The van der Waals surface area contributed by atoms with E-state index in [1.165, 1.54) is 6.42 Å². The summed E-state index contributed by atoms with van der Waals surface area (Å²) in [7, 11) is 0. The molecule has 3 heterocycles. The highest BCUT2D eigenvalue weighted by atomic mass is 16.5. The maximum Gasteiger partial charge on any atom is 0.257 e. The van der Waals surface area contributed by atoms with E-state index in [9.17, 15) is 9.59 Å². The van der Waals surface area contributed by atoms with Gasteiger partial charge in [0.2, 0.25) is 11.9 Å². The van der Waals surface area contributed by atoms with Crippen LogP contribution in [0.1, 0.15) is 30.5 Å². The van der Waals surface area contributed by atoms with Crippen molar-refractivity contribution in [2.75, 3.05) is 36.4 Å². The van der Waals surface area contributed by atoms with Crippen LogP contribution in [0, 0.1) is 0 Å². The van der Waals surface area contributed by atoms with Crippen LogP contribution in [0.5, 0.6) is 11.5 Å². The van der Waals surface area contributed by atoms with Crippen molar-refractivity contribution in [2.24, 2.45) is 0 Å². The summed E-state index contributed by atoms with van der Waals surface area (Å²) in [6, 6.07) is 16.8. The molecule has 5 rings (SSSR count). The Kier molecular flexibility index (Phi) is 6.58. The van der Waals surface area contributed by atoms with Gasteiger partial charge in [-0.2, -0.15) is 0 Å². The van der Waals surface area contributed by atoms with Crippen LogP contribution < -0.4 is 20.5 Å². The lowest BCUT2D eigenvalue weighted by molar-refractivity contribution is -0.117. The number of anilines is 2. The second-order valence-electron chi connectivity index (χ2n) is 8.81. The fourth-order valence-corrected chi connectivity index (χ4v) is 4.49. The number of ether oxygens (including phenoxy) is 1. The number of aromatic amines is 1. The van der Waals surface area contributed by atoms with E-state index in [1.54, 1.807) is 0 Å². The van der Waals surface area contributed by atoms with Gasteiger partial charge in [-0.15, -0.1) is 0 Å². The van der Waals surface area contributed by atoms with Crippen molar-refractivity contribution in [2.45, 2.75) is 32.2 Å². The number of piperidine rings is 1. The van der Waals surface area contributed by atoms with E-state index in [0.717, 1.165) is 37.4 Å². The zero-order valence-corrected chi connectivity index (χ0v) is 19.1. The molecule has 0 spiro atoms. The minimum Gasteiger partial charge on any atom is -0.457 e. The van der Waals surface area contributed by atoms with Gasteiger partial charge >= 0.3 is 0 Å². The molecule has 8 nitrogen and oxygen atoms in total. The predicted molar refractivity (Wildman–Crippen MR) is 131 cm³/mol. The summed E-state index contributed by atoms with van der Waals surface area (Å²) in [5.74, 6) is 2.04. The van der Waals surface area contributed by atoms with Crippen molar-refractivity contribution in [1.29, 1.82) is 0 Å². The van der Waals surface area contributed by atoms with Gasteiger partial charge in [-0.3, -0.25) is 19.5 Å². The van der Waals surface area contributed by atoms with Crippen molar-refractivity contribution in [1.82, 2.24) is 14.9 Å². The van der Waals surface area contributed by atoms with Crippen LogP contribution >= 0.6 is 0 Å². The maximum absolute atomic E-state index is 12.8. The van der Waals surface area contributed by atoms with Gasteiger partial charge < -0.3 is 15.0 Å². The molecule has 0 atom stereocenters. The quantitative estimate of drug-likeness (QED) is 0.586. The normalized spacial score (nSPS) is 16.1. The minimum absolute atomic E-state index is 0.0929. The Hall–Kier alpha value is -3.65. The Bertz CT molecular complexity index is 1190. The summed E-state index contributed by atoms with van der Waals surface area (Å²) >= 11 is 0. The molecule has 1 aromatic heterocycles. The Morgan fingerprint density at radius 2 is 1.71 bits per heavy atom. The molecule has 34 heavy (non-hydrogen) atoms. The minimum atomic E-state index is -0.116. The van der Waals surface area contributed by atoms with Crippen LogP contribution in [0.4, 0.5) is 11.6 Å². The number of benzene rings is 2. The molecule has 0 aliphatic carbocycles. The van der Waals surface area contributed by atoms with E-state index in [0.29, 0.717) is 42.5 Å². The van der Waals surface area contributed by atoms with Crippen LogP contribution in [0.3, 0.4) is 0 Å². The molecular weight excluding hydrogens is 430 g/mol. The Labute approximate surface area is 198 Å². The molecule has 2 aliphatic heterocycles. The number of aromatic nitrogens is 2. The second kappa shape index (κ2) is 10.1. The molecule has 1 fully saturated rings. The van der Waals surface area contributed by atoms with E-state index >= 15 is 0 Å². The largest absolute Gasteiger partial charge is 0.457 e. The van der Waals surface area contributed by atoms with Crippen LogP contribution in [0.15, 0.2) is 59.4 Å². The van der Waals surface area contributed by atoms with E-state index in [4.69, 9.17) is 9.72 Å². The summed E-state index contributed by atoms with van der Waals surface area (Å²) in [4.78, 5) is 37.2. The molecule has 0 saturated carbocycles. The topological polar surface area (TPSA) is 90.6 Å². The van der Waals surface area contributed by atoms with Crippen LogP contribution in [-0.2, 0) is 17.8 Å². The van der Waals surface area contributed by atoms with E-state index in [-0.39, 0.29) is 18.0 Å². The number of fused-ring (bicyclic) bond motifs is 1. The molecule has 2 N–H and O–H groups in total. The fraction of sp³-hybridized carbons (Fsp3) is 0.346. The maximum atomic E-state index is 12.8. The van der Waals surface area contributed by atoms with Crippen molar-refractivity contribution in [3.63, 3.8) is 0 Å². The summed E-state index contributed by atoms with van der Waals surface area (Å²) < 4.78 is 5.79. The zero-order chi connectivity index (χ0) is 23.3. The molecule has 0 radical (unpaired) electrons. The standard InChI is InChI=1S/C26H29N5O3/c32-24(27-19-9-11-21(12-10-19)34-20-7-3-1-4-8-20)18-30-16-13-23-22(17-30)25(33)29-26(28-23)31-14-5-2-6-15-31/h1,3-4,7-12H,2,5-6,13-18H2,(H,27,32)(H,28,29,33). The molecule has 1 saturated heterocycles. The average Bonchev–Trinajstić information content (AvgIpc) is 2.87. The number of para-hydroxylation sites is 1. The number of amides is 1. The molecule has 8 heteroatoms. The van der Waals surface area contributed by atoms with Gasteiger partial charge in [-0.25, -0.2) is 4.98 Å². The third-order valence-corrected chi connectivity index (χ3v) is 6.27. The molecule has 0 bridgehead atoms. The number of H-pyrrole nitrogens is 1. The first-order valence-electron chi connectivity index (χ1n) is 11.9. The van der Waals surface area contributed by atoms with Crippen LogP contribution in [0.2, 0.25) is 0 Å². The highest BCUT2D eigenvalue weighted by molar-refractivity contribution is 5.92. The van der Waals surface area contributed by atoms with Crippen molar-refractivity contribution in [3.8, 4) is 11.5 Å². The molecule has 2 aromatic carbocycles. The summed E-state index contributed by atoms with van der Waals surface area (Å²) in [5, 5.41) is 2.93. The Balaban J connectivity index is 1.17. The van der Waals surface area contributed by atoms with Crippen molar-refractivity contribution < 1.29 is 9.53 Å². The average molecular weight is 460 g/mol. The highest BCUT2D eigenvalue weighted by Gasteiger charge is 2.24. The van der Waals surface area contributed by atoms with Crippen molar-refractivity contribution in [3.05, 3.63) is 76.2 Å². The first kappa shape index (κ1) is 22.2. The fourth-order valence-electron chi connectivity index (χ4n) is 4.49. The summed E-state index contributed by atoms with van der Waals surface area (Å²) in [6.45, 7) is 3.21. The first-order chi connectivity index (χ1) is 16.6. The number of carbonyl (C=O) groups excluding carboxylic acids is 1. The smallest absolute Gasteiger partial charge is 0.257 e. The zero-order valence-electron chi connectivity index (χ0n) is 19.1. The lowest BCUT2D eigenvalue weighted by Crippen LogP contribution is -2.41. The van der Waals surface area contributed by atoms with Crippen molar-refractivity contribution >= 4 is 17.5 Å². The van der Waals surface area contributed by atoms with E-state index < -0.39 is 0 Å². The first-order valence-corrected chi connectivity index (χ1v) is 11.9. The lowest BCUT2D eigenvalue weighted by atomic mass is 10.1. The SMILES string of the molecule is O=C(CN1CCc2nc(N3CCCCC3)[nH]c(=O)c2C1)Nc1ccc(Oc2ccccc2)cc1. The highest BCUT2D eigenvalue weighted by Crippen LogP contribution is 2.23.